The van der Waals surface area contributed by atoms with Crippen molar-refractivity contribution in [3.8, 4) is 5.75 Å². The highest BCUT2D eigenvalue weighted by Crippen LogP contribution is 2.22. The molecule has 3 rings (SSSR count). The van der Waals surface area contributed by atoms with Gasteiger partial charge in [0.15, 0.2) is 0 Å². The van der Waals surface area contributed by atoms with E-state index in [1.807, 2.05) is 0 Å². The topological polar surface area (TPSA) is 90.0 Å². The van der Waals surface area contributed by atoms with Gasteiger partial charge >= 0.3 is 11.2 Å². The molecule has 0 saturated heterocycles. The first-order valence-electron chi connectivity index (χ1n) is 7.72. The minimum absolute atomic E-state index is 0.000828. The normalized spacial score (nSPS) is 10.7. The lowest BCUT2D eigenvalue weighted by Crippen LogP contribution is -2.29. The Bertz CT molecular complexity index is 1020. The number of pyridine rings is 1. The van der Waals surface area contributed by atoms with E-state index in [1.54, 1.807) is 49.5 Å². The van der Waals surface area contributed by atoms with Crippen molar-refractivity contribution < 1.29 is 9.66 Å². The average Bonchev–Trinajstić information content (AvgIpc) is 2.61. The summed E-state index contributed by atoms with van der Waals surface area (Å²) in [5.41, 5.74) is -0.960. The number of aromatic nitrogens is 2. The third kappa shape index (κ3) is 3.60. The number of anilines is 1. The number of nitrogens with zero attached hydrogens (tertiary/aromatic N) is 4. The second kappa shape index (κ2) is 7.40. The van der Waals surface area contributed by atoms with Crippen molar-refractivity contribution in [1.29, 1.82) is 0 Å². The fourth-order valence-electron chi connectivity index (χ4n) is 2.46. The molecule has 0 radical (unpaired) electrons. The van der Waals surface area contributed by atoms with Gasteiger partial charge in [-0.25, -0.2) is 4.98 Å². The number of ether oxygens (including phenoxy) is 1. The second-order valence-corrected chi connectivity index (χ2v) is 5.94. The van der Waals surface area contributed by atoms with E-state index in [0.29, 0.717) is 23.0 Å². The largest absolute Gasteiger partial charge is 0.492 e. The van der Waals surface area contributed by atoms with Crippen LogP contribution in [-0.2, 0) is 0 Å². The quantitative estimate of drug-likeness (QED) is 0.486. The van der Waals surface area contributed by atoms with Crippen molar-refractivity contribution in [2.75, 3.05) is 25.1 Å². The zero-order chi connectivity index (χ0) is 18.7. The number of hydrogen-bond acceptors (Lipinski definition) is 6. The van der Waals surface area contributed by atoms with E-state index in [9.17, 15) is 14.9 Å². The Hall–Kier alpha value is -3.13. The molecule has 2 aromatic heterocycles. The predicted molar refractivity (Wildman–Crippen MR) is 98.3 cm³/mol. The van der Waals surface area contributed by atoms with Gasteiger partial charge in [0.05, 0.1) is 11.5 Å². The number of halogens is 1. The van der Waals surface area contributed by atoms with Crippen LogP contribution >= 0.6 is 11.6 Å². The van der Waals surface area contributed by atoms with E-state index in [1.165, 1.54) is 11.1 Å². The van der Waals surface area contributed by atoms with Crippen LogP contribution in [0.25, 0.3) is 5.65 Å². The van der Waals surface area contributed by atoms with E-state index in [-0.39, 0.29) is 12.4 Å². The molecular formula is C17H15ClN4O4. The van der Waals surface area contributed by atoms with E-state index in [0.717, 1.165) is 4.40 Å². The highest BCUT2D eigenvalue weighted by molar-refractivity contribution is 6.30. The third-order valence-electron chi connectivity index (χ3n) is 3.73. The molecule has 0 aliphatic carbocycles. The molecule has 0 aliphatic heterocycles. The Labute approximate surface area is 153 Å². The molecule has 9 heteroatoms. The highest BCUT2D eigenvalue weighted by atomic mass is 35.5. The van der Waals surface area contributed by atoms with Crippen molar-refractivity contribution >= 4 is 28.8 Å². The number of rotatable bonds is 6. The van der Waals surface area contributed by atoms with Crippen molar-refractivity contribution in [2.45, 2.75) is 0 Å². The van der Waals surface area contributed by atoms with Gasteiger partial charge in [-0.3, -0.25) is 19.3 Å². The fraction of sp³-hybridized carbons (Fsp3) is 0.176. The molecule has 0 aliphatic rings. The van der Waals surface area contributed by atoms with E-state index in [4.69, 9.17) is 16.3 Å². The highest BCUT2D eigenvalue weighted by Gasteiger charge is 2.26. The van der Waals surface area contributed by atoms with E-state index < -0.39 is 16.2 Å². The lowest BCUT2D eigenvalue weighted by Gasteiger charge is -2.18. The summed E-state index contributed by atoms with van der Waals surface area (Å²) in [5.74, 6) is 0.591. The van der Waals surface area contributed by atoms with Gasteiger partial charge in [-0.1, -0.05) is 23.7 Å². The number of nitro groups is 1. The van der Waals surface area contributed by atoms with Crippen LogP contribution in [0.15, 0.2) is 53.5 Å². The minimum Gasteiger partial charge on any atom is -0.492 e. The molecule has 0 bridgehead atoms. The Morgan fingerprint density at radius 1 is 1.31 bits per heavy atom. The molecule has 26 heavy (non-hydrogen) atoms. The van der Waals surface area contributed by atoms with Crippen LogP contribution < -0.4 is 15.2 Å². The standard InChI is InChI=1S/C17H15ClN4O4/c1-20(9-10-26-13-6-4-5-12(18)11-13)16-15(22(24)25)17(23)21-8-3-2-7-14(21)19-16/h2-8,11H,9-10H2,1H3. The summed E-state index contributed by atoms with van der Waals surface area (Å²) in [7, 11) is 1.62. The van der Waals surface area contributed by atoms with E-state index in [2.05, 4.69) is 4.98 Å². The Kier molecular flexibility index (Phi) is 5.04. The number of likely N-dealkylation sites (N-methyl/N-ethyl adjacent to an activating group) is 1. The van der Waals surface area contributed by atoms with Crippen LogP contribution in [-0.4, -0.2) is 34.5 Å². The summed E-state index contributed by atoms with van der Waals surface area (Å²) >= 11 is 5.90. The first kappa shape index (κ1) is 17.7. The van der Waals surface area contributed by atoms with Gasteiger partial charge in [0, 0.05) is 18.3 Å². The maximum Gasteiger partial charge on any atom is 0.376 e. The third-order valence-corrected chi connectivity index (χ3v) is 3.96. The van der Waals surface area contributed by atoms with Crippen LogP contribution in [0.1, 0.15) is 0 Å². The molecule has 0 unspecified atom stereocenters. The molecule has 2 heterocycles. The predicted octanol–water partition coefficient (Wildman–Crippen LogP) is 2.77. The van der Waals surface area contributed by atoms with Crippen molar-refractivity contribution in [3.63, 3.8) is 0 Å². The van der Waals surface area contributed by atoms with Gasteiger partial charge in [-0.2, -0.15) is 0 Å². The number of hydrogen-bond donors (Lipinski definition) is 0. The molecule has 134 valence electrons. The first-order valence-corrected chi connectivity index (χ1v) is 8.10. The van der Waals surface area contributed by atoms with Gasteiger partial charge < -0.3 is 9.64 Å². The van der Waals surface area contributed by atoms with Crippen LogP contribution in [0, 0.1) is 10.1 Å². The number of fused-ring (bicyclic) bond motifs is 1. The van der Waals surface area contributed by atoms with Crippen molar-refractivity contribution in [3.05, 3.63) is 74.2 Å². The minimum atomic E-state index is -0.724. The Morgan fingerprint density at radius 2 is 2.12 bits per heavy atom. The first-order chi connectivity index (χ1) is 12.5. The summed E-state index contributed by atoms with van der Waals surface area (Å²) in [4.78, 5) is 28.9. The number of benzene rings is 1. The molecule has 3 aromatic rings. The zero-order valence-electron chi connectivity index (χ0n) is 13.8. The summed E-state index contributed by atoms with van der Waals surface area (Å²) in [6.45, 7) is 0.534. The van der Waals surface area contributed by atoms with Gasteiger partial charge in [0.2, 0.25) is 5.82 Å². The maximum absolute atomic E-state index is 12.4. The molecule has 0 amide bonds. The lowest BCUT2D eigenvalue weighted by molar-refractivity contribution is -0.385. The molecule has 0 N–H and O–H groups in total. The van der Waals surface area contributed by atoms with Gasteiger partial charge in [-0.05, 0) is 30.3 Å². The van der Waals surface area contributed by atoms with Crippen LogP contribution in [0.2, 0.25) is 5.02 Å². The Morgan fingerprint density at radius 3 is 2.85 bits per heavy atom. The van der Waals surface area contributed by atoms with Crippen molar-refractivity contribution in [2.24, 2.45) is 0 Å². The van der Waals surface area contributed by atoms with Crippen LogP contribution in [0.4, 0.5) is 11.5 Å². The van der Waals surface area contributed by atoms with Gasteiger partial charge in [-0.15, -0.1) is 0 Å². The molecule has 0 spiro atoms. The van der Waals surface area contributed by atoms with Crippen molar-refractivity contribution in [1.82, 2.24) is 9.38 Å². The SMILES string of the molecule is CN(CCOc1cccc(Cl)c1)c1nc2ccccn2c(=O)c1[N+](=O)[O-]. The summed E-state index contributed by atoms with van der Waals surface area (Å²) in [6, 6.07) is 11.9. The Balaban J connectivity index is 1.85. The summed E-state index contributed by atoms with van der Waals surface area (Å²) in [6.07, 6.45) is 1.45. The van der Waals surface area contributed by atoms with Gasteiger partial charge in [0.1, 0.15) is 18.0 Å². The van der Waals surface area contributed by atoms with Crippen LogP contribution in [0.5, 0.6) is 5.75 Å². The van der Waals surface area contributed by atoms with Gasteiger partial charge in [0.25, 0.3) is 0 Å². The average molecular weight is 375 g/mol. The lowest BCUT2D eigenvalue weighted by atomic mass is 10.3. The fourth-order valence-corrected chi connectivity index (χ4v) is 2.64. The van der Waals surface area contributed by atoms with Crippen LogP contribution in [0.3, 0.4) is 0 Å². The monoisotopic (exact) mass is 374 g/mol. The summed E-state index contributed by atoms with van der Waals surface area (Å²) in [5, 5.41) is 12.0. The van der Waals surface area contributed by atoms with E-state index >= 15 is 0 Å². The molecule has 0 atom stereocenters. The molecular weight excluding hydrogens is 360 g/mol. The molecule has 1 aromatic carbocycles. The smallest absolute Gasteiger partial charge is 0.376 e. The molecule has 0 saturated carbocycles. The maximum atomic E-state index is 12.4. The molecule has 0 fully saturated rings. The zero-order valence-corrected chi connectivity index (χ0v) is 14.6. The summed E-state index contributed by atoms with van der Waals surface area (Å²) < 4.78 is 6.74. The second-order valence-electron chi connectivity index (χ2n) is 5.50. The molecule has 8 nitrogen and oxygen atoms in total.